The molecule has 0 aliphatic carbocycles. The predicted molar refractivity (Wildman–Crippen MR) is 109 cm³/mol. The van der Waals surface area contributed by atoms with Crippen LogP contribution in [-0.4, -0.2) is 20.1 Å². The first kappa shape index (κ1) is 19.5. The van der Waals surface area contributed by atoms with Crippen LogP contribution < -0.4 is 14.4 Å². The predicted octanol–water partition coefficient (Wildman–Crippen LogP) is 4.77. The fourth-order valence-electron chi connectivity index (χ4n) is 3.13. The number of aryl methyl sites for hydroxylation is 2. The highest BCUT2D eigenvalue weighted by molar-refractivity contribution is 5.93. The van der Waals surface area contributed by atoms with E-state index in [0.29, 0.717) is 30.9 Å². The Hall–Kier alpha value is -3.21. The summed E-state index contributed by atoms with van der Waals surface area (Å²) in [5.74, 6) is 2.10. The van der Waals surface area contributed by atoms with Crippen molar-refractivity contribution in [2.24, 2.45) is 0 Å². The quantitative estimate of drug-likeness (QED) is 0.566. The lowest BCUT2D eigenvalue weighted by Gasteiger charge is -2.22. The summed E-state index contributed by atoms with van der Waals surface area (Å²) in [6.45, 7) is 2.42. The summed E-state index contributed by atoms with van der Waals surface area (Å²) in [6, 6.07) is 17.3. The molecule has 1 heterocycles. The van der Waals surface area contributed by atoms with Crippen LogP contribution in [0.4, 0.5) is 5.69 Å². The van der Waals surface area contributed by atoms with Crippen LogP contribution in [0.3, 0.4) is 0 Å². The van der Waals surface area contributed by atoms with E-state index < -0.39 is 0 Å². The van der Waals surface area contributed by atoms with Gasteiger partial charge in [0.05, 0.1) is 27.0 Å². The minimum atomic E-state index is 0.0186. The van der Waals surface area contributed by atoms with E-state index in [4.69, 9.17) is 13.9 Å². The number of hydrogen-bond donors (Lipinski definition) is 0. The van der Waals surface area contributed by atoms with E-state index in [9.17, 15) is 4.79 Å². The molecule has 3 aromatic rings. The molecule has 0 saturated carbocycles. The number of ether oxygens (including phenoxy) is 2. The number of nitrogens with zero attached hydrogens (tertiary/aromatic N) is 1. The first-order chi connectivity index (χ1) is 13.6. The summed E-state index contributed by atoms with van der Waals surface area (Å²) in [4.78, 5) is 14.8. The van der Waals surface area contributed by atoms with E-state index in [1.807, 2.05) is 61.5 Å². The van der Waals surface area contributed by atoms with Gasteiger partial charge in [-0.15, -0.1) is 0 Å². The van der Waals surface area contributed by atoms with Gasteiger partial charge < -0.3 is 18.8 Å². The molecule has 0 aliphatic heterocycles. The van der Waals surface area contributed by atoms with Gasteiger partial charge in [0.2, 0.25) is 5.91 Å². The minimum Gasteiger partial charge on any atom is -0.493 e. The van der Waals surface area contributed by atoms with E-state index in [1.165, 1.54) is 0 Å². The van der Waals surface area contributed by atoms with E-state index in [2.05, 4.69) is 0 Å². The molecule has 1 aromatic heterocycles. The summed E-state index contributed by atoms with van der Waals surface area (Å²) < 4.78 is 16.3. The zero-order valence-electron chi connectivity index (χ0n) is 16.5. The van der Waals surface area contributed by atoms with Gasteiger partial charge in [0, 0.05) is 12.1 Å². The molecule has 0 unspecified atom stereocenters. The molecule has 5 nitrogen and oxygen atoms in total. The Labute approximate surface area is 165 Å². The van der Waals surface area contributed by atoms with Gasteiger partial charge in [-0.1, -0.05) is 29.8 Å². The molecule has 146 valence electrons. The fourth-order valence-corrected chi connectivity index (χ4v) is 3.13. The largest absolute Gasteiger partial charge is 0.493 e. The Kier molecular flexibility index (Phi) is 6.37. The van der Waals surface area contributed by atoms with Crippen LogP contribution in [0.25, 0.3) is 0 Å². The third kappa shape index (κ3) is 4.55. The van der Waals surface area contributed by atoms with Gasteiger partial charge >= 0.3 is 0 Å². The van der Waals surface area contributed by atoms with Crippen LogP contribution in [0.5, 0.6) is 11.5 Å². The SMILES string of the molecule is COc1cccc(CCC(=O)N(Cc2ccco2)c2ccc(C)cc2)c1OC. The molecule has 1 amide bonds. The molecular weight excluding hydrogens is 354 g/mol. The van der Waals surface area contributed by atoms with Gasteiger partial charge in [0.25, 0.3) is 0 Å². The molecule has 2 aromatic carbocycles. The normalized spacial score (nSPS) is 10.5. The van der Waals surface area contributed by atoms with Crippen molar-refractivity contribution in [3.63, 3.8) is 0 Å². The van der Waals surface area contributed by atoms with E-state index in [1.54, 1.807) is 25.4 Å². The number of methoxy groups -OCH3 is 2. The monoisotopic (exact) mass is 379 g/mol. The first-order valence-electron chi connectivity index (χ1n) is 9.21. The first-order valence-corrected chi connectivity index (χ1v) is 9.21. The van der Waals surface area contributed by atoms with Gasteiger partial charge in [0.1, 0.15) is 5.76 Å². The molecule has 5 heteroatoms. The summed E-state index contributed by atoms with van der Waals surface area (Å²) in [5, 5.41) is 0. The van der Waals surface area contributed by atoms with Gasteiger partial charge in [-0.3, -0.25) is 4.79 Å². The zero-order chi connectivity index (χ0) is 19.9. The number of carbonyl (C=O) groups excluding carboxylic acids is 1. The molecule has 0 saturated heterocycles. The number of hydrogen-bond acceptors (Lipinski definition) is 4. The van der Waals surface area contributed by atoms with Gasteiger partial charge in [-0.05, 0) is 49.2 Å². The van der Waals surface area contributed by atoms with E-state index in [-0.39, 0.29) is 5.91 Å². The van der Waals surface area contributed by atoms with E-state index >= 15 is 0 Å². The number of rotatable bonds is 8. The zero-order valence-corrected chi connectivity index (χ0v) is 16.5. The highest BCUT2D eigenvalue weighted by atomic mass is 16.5. The van der Waals surface area contributed by atoms with Gasteiger partial charge in [-0.2, -0.15) is 0 Å². The summed E-state index contributed by atoms with van der Waals surface area (Å²) >= 11 is 0. The number of anilines is 1. The Morgan fingerprint density at radius 3 is 2.43 bits per heavy atom. The molecule has 3 rings (SSSR count). The fraction of sp³-hybridized carbons (Fsp3) is 0.261. The van der Waals surface area contributed by atoms with Crippen LogP contribution in [0.1, 0.15) is 23.3 Å². The summed E-state index contributed by atoms with van der Waals surface area (Å²) in [7, 11) is 3.22. The van der Waals surface area contributed by atoms with Crippen molar-refractivity contribution in [2.75, 3.05) is 19.1 Å². The number of para-hydroxylation sites is 1. The topological polar surface area (TPSA) is 51.9 Å². The van der Waals surface area contributed by atoms with Crippen LogP contribution in [0.15, 0.2) is 65.3 Å². The Balaban J connectivity index is 1.79. The standard InChI is InChI=1S/C23H25NO4/c1-17-9-12-19(13-10-17)24(16-20-7-5-15-28-20)22(25)14-11-18-6-4-8-21(26-2)23(18)27-3/h4-10,12-13,15H,11,14,16H2,1-3H3. The lowest BCUT2D eigenvalue weighted by molar-refractivity contribution is -0.118. The van der Waals surface area contributed by atoms with Crippen molar-refractivity contribution in [3.05, 3.63) is 77.7 Å². The van der Waals surface area contributed by atoms with Crippen molar-refractivity contribution in [1.29, 1.82) is 0 Å². The van der Waals surface area contributed by atoms with Crippen LogP contribution in [0, 0.1) is 6.92 Å². The smallest absolute Gasteiger partial charge is 0.227 e. The maximum absolute atomic E-state index is 13.1. The maximum atomic E-state index is 13.1. The van der Waals surface area contributed by atoms with E-state index in [0.717, 1.165) is 22.6 Å². The van der Waals surface area contributed by atoms with Crippen molar-refractivity contribution in [1.82, 2.24) is 0 Å². The molecule has 0 bridgehead atoms. The highest BCUT2D eigenvalue weighted by Gasteiger charge is 2.19. The molecule has 0 spiro atoms. The molecular formula is C23H25NO4. The Morgan fingerprint density at radius 1 is 1.00 bits per heavy atom. The average Bonchev–Trinajstić information content (AvgIpc) is 3.24. The lowest BCUT2D eigenvalue weighted by Crippen LogP contribution is -2.30. The molecule has 0 fully saturated rings. The van der Waals surface area contributed by atoms with Crippen LogP contribution in [-0.2, 0) is 17.8 Å². The van der Waals surface area contributed by atoms with Gasteiger partial charge in [0.15, 0.2) is 11.5 Å². The van der Waals surface area contributed by atoms with Crippen molar-refractivity contribution < 1.29 is 18.7 Å². The third-order valence-corrected chi connectivity index (χ3v) is 4.63. The number of carbonyl (C=O) groups is 1. The average molecular weight is 379 g/mol. The second kappa shape index (κ2) is 9.13. The molecule has 0 atom stereocenters. The van der Waals surface area contributed by atoms with Crippen LogP contribution in [0.2, 0.25) is 0 Å². The minimum absolute atomic E-state index is 0.0186. The van der Waals surface area contributed by atoms with Gasteiger partial charge in [-0.25, -0.2) is 0 Å². The number of furan rings is 1. The number of benzene rings is 2. The Bertz CT molecular complexity index is 901. The molecule has 0 N–H and O–H groups in total. The summed E-state index contributed by atoms with van der Waals surface area (Å²) in [6.07, 6.45) is 2.52. The molecule has 28 heavy (non-hydrogen) atoms. The van der Waals surface area contributed by atoms with Crippen molar-refractivity contribution in [3.8, 4) is 11.5 Å². The lowest BCUT2D eigenvalue weighted by atomic mass is 10.1. The second-order valence-corrected chi connectivity index (χ2v) is 6.55. The Morgan fingerprint density at radius 2 is 1.79 bits per heavy atom. The molecule has 0 aliphatic rings. The molecule has 0 radical (unpaired) electrons. The number of amides is 1. The second-order valence-electron chi connectivity index (χ2n) is 6.55. The maximum Gasteiger partial charge on any atom is 0.227 e. The van der Waals surface area contributed by atoms with Crippen molar-refractivity contribution in [2.45, 2.75) is 26.3 Å². The van der Waals surface area contributed by atoms with Crippen molar-refractivity contribution >= 4 is 11.6 Å². The third-order valence-electron chi connectivity index (χ3n) is 4.63. The highest BCUT2D eigenvalue weighted by Crippen LogP contribution is 2.31. The summed E-state index contributed by atoms with van der Waals surface area (Å²) in [5.41, 5.74) is 2.94. The van der Waals surface area contributed by atoms with Crippen LogP contribution >= 0.6 is 0 Å².